The predicted octanol–water partition coefficient (Wildman–Crippen LogP) is 7.33. The van der Waals surface area contributed by atoms with E-state index in [9.17, 15) is 18.0 Å². The number of nitrogens with zero attached hydrogens (tertiary/aromatic N) is 2. The van der Waals surface area contributed by atoms with Gasteiger partial charge in [-0.15, -0.1) is 0 Å². The molecule has 262 valence electrons. The smallest absolute Gasteiger partial charge is 0.229 e. The van der Waals surface area contributed by atoms with Gasteiger partial charge in [0.25, 0.3) is 0 Å². The SMILES string of the molecule is Cc1cc(Nc2ncc(Cl)c(Nc3ccccc3S(=O)(=O)C(C)C)n2)c(OC(C)C)cc1C(CCCCCCCC(N)=O)CCNC=O. The molecule has 3 rings (SSSR count). The van der Waals surface area contributed by atoms with Gasteiger partial charge in [-0.05, 0) is 95.2 Å². The number of carbonyl (C=O) groups is 2. The van der Waals surface area contributed by atoms with Crippen molar-refractivity contribution in [3.8, 4) is 5.75 Å². The quantitative estimate of drug-likeness (QED) is 0.0657. The van der Waals surface area contributed by atoms with E-state index in [1.807, 2.05) is 26.8 Å². The summed E-state index contributed by atoms with van der Waals surface area (Å²) in [5.74, 6) is 1.06. The third-order valence-electron chi connectivity index (χ3n) is 7.92. The summed E-state index contributed by atoms with van der Waals surface area (Å²) in [5.41, 5.74) is 8.47. The zero-order chi connectivity index (χ0) is 35.3. The molecule has 5 N–H and O–H groups in total. The highest BCUT2D eigenvalue weighted by Gasteiger charge is 2.24. The Bertz CT molecular complexity index is 1630. The second-order valence-electron chi connectivity index (χ2n) is 12.4. The molecule has 48 heavy (non-hydrogen) atoms. The zero-order valence-corrected chi connectivity index (χ0v) is 30.1. The molecule has 2 aromatic carbocycles. The fourth-order valence-electron chi connectivity index (χ4n) is 5.42. The zero-order valence-electron chi connectivity index (χ0n) is 28.5. The molecule has 1 unspecified atom stereocenters. The average molecular weight is 701 g/mol. The molecule has 3 aromatic rings. The molecule has 11 nitrogen and oxygen atoms in total. The van der Waals surface area contributed by atoms with Crippen LogP contribution in [0.15, 0.2) is 47.5 Å². The minimum atomic E-state index is -3.57. The van der Waals surface area contributed by atoms with Crippen molar-refractivity contribution in [1.29, 1.82) is 0 Å². The highest BCUT2D eigenvalue weighted by Crippen LogP contribution is 2.38. The van der Waals surface area contributed by atoms with Crippen LogP contribution in [0.1, 0.15) is 96.1 Å². The molecule has 1 atom stereocenters. The third kappa shape index (κ3) is 11.4. The van der Waals surface area contributed by atoms with E-state index in [-0.39, 0.29) is 39.6 Å². The molecule has 0 radical (unpaired) electrons. The molecule has 0 aliphatic carbocycles. The predicted molar refractivity (Wildman–Crippen MR) is 192 cm³/mol. The summed E-state index contributed by atoms with van der Waals surface area (Å²) in [6.45, 7) is 9.79. The summed E-state index contributed by atoms with van der Waals surface area (Å²) >= 11 is 6.47. The summed E-state index contributed by atoms with van der Waals surface area (Å²) in [6.07, 6.45) is 9.08. The molecule has 0 saturated carbocycles. The highest BCUT2D eigenvalue weighted by atomic mass is 35.5. The van der Waals surface area contributed by atoms with Gasteiger partial charge in [0, 0.05) is 13.0 Å². The number of hydrogen-bond acceptors (Lipinski definition) is 9. The molecule has 0 aliphatic rings. The van der Waals surface area contributed by atoms with Gasteiger partial charge in [0.2, 0.25) is 18.3 Å². The Balaban J connectivity index is 1.88. The van der Waals surface area contributed by atoms with Crippen molar-refractivity contribution in [2.45, 2.75) is 108 Å². The van der Waals surface area contributed by atoms with Crippen molar-refractivity contribution in [2.24, 2.45) is 5.73 Å². The third-order valence-corrected chi connectivity index (χ3v) is 10.4. The van der Waals surface area contributed by atoms with E-state index in [2.05, 4.69) is 32.0 Å². The molecular formula is C35H49ClN6O5S. The van der Waals surface area contributed by atoms with Crippen LogP contribution in [-0.4, -0.2) is 48.6 Å². The lowest BCUT2D eigenvalue weighted by atomic mass is 9.87. The number of para-hydroxylation sites is 1. The first-order chi connectivity index (χ1) is 22.8. The number of nitrogens with one attached hydrogen (secondary N) is 3. The second kappa shape index (κ2) is 18.6. The molecule has 0 spiro atoms. The van der Waals surface area contributed by atoms with E-state index in [1.54, 1.807) is 38.1 Å². The number of rotatable bonds is 21. The van der Waals surface area contributed by atoms with Crippen LogP contribution >= 0.6 is 11.6 Å². The minimum Gasteiger partial charge on any atom is -0.489 e. The van der Waals surface area contributed by atoms with Crippen molar-refractivity contribution in [2.75, 3.05) is 17.2 Å². The number of aromatic nitrogens is 2. The van der Waals surface area contributed by atoms with Gasteiger partial charge in [-0.2, -0.15) is 4.98 Å². The number of amides is 2. The lowest BCUT2D eigenvalue weighted by Crippen LogP contribution is -2.16. The number of carbonyl (C=O) groups excluding carboxylic acids is 2. The van der Waals surface area contributed by atoms with Crippen LogP contribution in [0.5, 0.6) is 5.75 Å². The first kappa shape index (κ1) is 38.5. The maximum atomic E-state index is 13.0. The van der Waals surface area contributed by atoms with Gasteiger partial charge in [-0.1, -0.05) is 49.4 Å². The highest BCUT2D eigenvalue weighted by molar-refractivity contribution is 7.92. The van der Waals surface area contributed by atoms with E-state index in [0.717, 1.165) is 62.5 Å². The molecule has 2 amide bonds. The lowest BCUT2D eigenvalue weighted by molar-refractivity contribution is -0.118. The van der Waals surface area contributed by atoms with Crippen molar-refractivity contribution >= 4 is 56.9 Å². The summed E-state index contributed by atoms with van der Waals surface area (Å²) in [6, 6.07) is 10.7. The molecule has 0 saturated heterocycles. The van der Waals surface area contributed by atoms with Gasteiger partial charge < -0.3 is 26.4 Å². The number of halogens is 1. The minimum absolute atomic E-state index is 0.112. The van der Waals surface area contributed by atoms with E-state index in [4.69, 9.17) is 22.1 Å². The maximum Gasteiger partial charge on any atom is 0.229 e. The largest absolute Gasteiger partial charge is 0.489 e. The van der Waals surface area contributed by atoms with Crippen LogP contribution in [0.3, 0.4) is 0 Å². The van der Waals surface area contributed by atoms with Gasteiger partial charge >= 0.3 is 0 Å². The van der Waals surface area contributed by atoms with Crippen molar-refractivity contribution in [1.82, 2.24) is 15.3 Å². The van der Waals surface area contributed by atoms with Crippen molar-refractivity contribution in [3.05, 3.63) is 58.7 Å². The number of sulfone groups is 1. The summed E-state index contributed by atoms with van der Waals surface area (Å²) in [4.78, 5) is 31.1. The topological polar surface area (TPSA) is 165 Å². The molecule has 13 heteroatoms. The monoisotopic (exact) mass is 700 g/mol. The van der Waals surface area contributed by atoms with Crippen molar-refractivity contribution in [3.63, 3.8) is 0 Å². The standard InChI is InChI=1S/C35H49ClN6O5S/c1-23(2)47-31-20-27(26(17-18-38-22-43)13-9-7-6-8-10-16-33(37)44)25(5)19-30(31)41-35-39-21-28(36)34(42-35)40-29-14-11-12-15-32(29)48(45,46)24(3)4/h11-12,14-15,19-24,26H,6-10,13,16-18H2,1-5H3,(H2,37,44)(H,38,43)(H2,39,40,41,42). The average Bonchev–Trinajstić information content (AvgIpc) is 3.02. The molecule has 0 fully saturated rings. The number of anilines is 4. The van der Waals surface area contributed by atoms with Crippen molar-refractivity contribution < 1.29 is 22.7 Å². The van der Waals surface area contributed by atoms with E-state index in [0.29, 0.717) is 30.1 Å². The number of ether oxygens (including phenoxy) is 1. The Morgan fingerprint density at radius 1 is 1.00 bits per heavy atom. The molecule has 1 aromatic heterocycles. The second-order valence-corrected chi connectivity index (χ2v) is 15.3. The van der Waals surface area contributed by atoms with Gasteiger partial charge in [0.05, 0.1) is 33.8 Å². The summed E-state index contributed by atoms with van der Waals surface area (Å²) < 4.78 is 32.3. The normalized spacial score (nSPS) is 12.2. The van der Waals surface area contributed by atoms with Crippen LogP contribution in [0.4, 0.5) is 23.1 Å². The fourth-order valence-corrected chi connectivity index (χ4v) is 6.76. The van der Waals surface area contributed by atoms with E-state index < -0.39 is 15.1 Å². The molecule has 1 heterocycles. The van der Waals surface area contributed by atoms with Gasteiger partial charge in [0.15, 0.2) is 15.7 Å². The molecule has 0 aliphatic heterocycles. The first-order valence-corrected chi connectivity index (χ1v) is 18.4. The van der Waals surface area contributed by atoms with Crippen LogP contribution in [-0.2, 0) is 19.4 Å². The molecular weight excluding hydrogens is 652 g/mol. The van der Waals surface area contributed by atoms with Crippen LogP contribution < -0.4 is 26.4 Å². The maximum absolute atomic E-state index is 13.0. The number of aryl methyl sites for hydroxylation is 1. The number of benzene rings is 2. The number of unbranched alkanes of at least 4 members (excludes halogenated alkanes) is 4. The van der Waals surface area contributed by atoms with Crippen LogP contribution in [0.25, 0.3) is 0 Å². The molecule has 0 bridgehead atoms. The van der Waals surface area contributed by atoms with Gasteiger partial charge in [0.1, 0.15) is 10.8 Å². The number of hydrogen-bond donors (Lipinski definition) is 4. The Morgan fingerprint density at radius 2 is 1.71 bits per heavy atom. The van der Waals surface area contributed by atoms with E-state index in [1.165, 1.54) is 6.20 Å². The van der Waals surface area contributed by atoms with Gasteiger partial charge in [-0.25, -0.2) is 13.4 Å². The number of primary amides is 1. The summed E-state index contributed by atoms with van der Waals surface area (Å²) in [7, 11) is -3.57. The number of nitrogens with two attached hydrogens (primary N) is 1. The van der Waals surface area contributed by atoms with E-state index >= 15 is 0 Å². The fraction of sp³-hybridized carbons (Fsp3) is 0.486. The van der Waals surface area contributed by atoms with Crippen LogP contribution in [0, 0.1) is 6.92 Å². The first-order valence-electron chi connectivity index (χ1n) is 16.5. The van der Waals surface area contributed by atoms with Gasteiger partial charge in [-0.3, -0.25) is 9.59 Å². The lowest BCUT2D eigenvalue weighted by Gasteiger charge is -2.23. The Labute approximate surface area is 289 Å². The Hall–Kier alpha value is -3.90. The summed E-state index contributed by atoms with van der Waals surface area (Å²) in [5, 5.41) is 8.78. The Kier molecular flexibility index (Phi) is 14.9. The van der Waals surface area contributed by atoms with Crippen LogP contribution in [0.2, 0.25) is 5.02 Å². The Morgan fingerprint density at radius 3 is 2.40 bits per heavy atom.